The van der Waals surface area contributed by atoms with Crippen LogP contribution < -0.4 is 4.74 Å². The van der Waals surface area contributed by atoms with Gasteiger partial charge in [-0.25, -0.2) is 4.79 Å². The first-order valence-corrected chi connectivity index (χ1v) is 12.2. The van der Waals surface area contributed by atoms with Crippen molar-refractivity contribution in [3.05, 3.63) is 61.4 Å². The van der Waals surface area contributed by atoms with E-state index in [9.17, 15) is 19.5 Å². The van der Waals surface area contributed by atoms with Crippen LogP contribution >= 0.6 is 39.3 Å². The number of carboxylic acids is 1. The second-order valence-corrected chi connectivity index (χ2v) is 10.4. The van der Waals surface area contributed by atoms with E-state index < -0.39 is 23.2 Å². The Balaban J connectivity index is 1.83. The zero-order valence-corrected chi connectivity index (χ0v) is 21.7. The van der Waals surface area contributed by atoms with E-state index in [1.807, 2.05) is 39.8 Å². The van der Waals surface area contributed by atoms with E-state index in [-0.39, 0.29) is 17.2 Å². The fraction of sp³-hybridized carbons (Fsp3) is 0.292. The van der Waals surface area contributed by atoms with Crippen LogP contribution in [0.2, 0.25) is 5.02 Å². The quantitative estimate of drug-likeness (QED) is 0.371. The van der Waals surface area contributed by atoms with E-state index >= 15 is 0 Å². The Labute approximate surface area is 210 Å². The molecule has 1 aliphatic rings. The molecular formula is C24H23BrClNO5S. The van der Waals surface area contributed by atoms with Crippen LogP contribution in [0.5, 0.6) is 11.5 Å². The molecule has 2 aromatic rings. The van der Waals surface area contributed by atoms with Gasteiger partial charge >= 0.3 is 5.97 Å². The first-order chi connectivity index (χ1) is 15.5. The number of nitrogens with zero attached hydrogens (tertiary/aromatic N) is 1. The molecule has 0 radical (unpaired) electrons. The van der Waals surface area contributed by atoms with E-state index in [1.54, 1.807) is 24.3 Å². The molecule has 0 aromatic heterocycles. The minimum atomic E-state index is -1.19. The van der Waals surface area contributed by atoms with Crippen molar-refractivity contribution in [2.24, 2.45) is 5.92 Å². The van der Waals surface area contributed by atoms with Crippen LogP contribution in [0.1, 0.15) is 37.0 Å². The van der Waals surface area contributed by atoms with Gasteiger partial charge in [0.2, 0.25) is 0 Å². The molecule has 1 fully saturated rings. The van der Waals surface area contributed by atoms with Gasteiger partial charge in [0.15, 0.2) is 0 Å². The van der Waals surface area contributed by atoms with Crippen LogP contribution in [0.25, 0.3) is 6.08 Å². The molecule has 6 nitrogen and oxygen atoms in total. The second-order valence-electron chi connectivity index (χ2n) is 8.20. The Morgan fingerprint density at radius 3 is 2.39 bits per heavy atom. The highest BCUT2D eigenvalue weighted by Crippen LogP contribution is 2.37. The largest absolute Gasteiger partial charge is 0.480 e. The fourth-order valence-corrected chi connectivity index (χ4v) is 4.91. The summed E-state index contributed by atoms with van der Waals surface area (Å²) in [6.45, 7) is 7.50. The summed E-state index contributed by atoms with van der Waals surface area (Å²) in [5.74, 6) is -0.551. The SMILES string of the molecule is Cc1cc(Oc2ccc(/C=C3\SC(=O)N([C@@H](CC(C)C)C(=O)O)C3=O)cc2Br)cc(C)c1Cl. The zero-order chi connectivity index (χ0) is 24.4. The molecule has 0 unspecified atom stereocenters. The third-order valence-corrected chi connectivity index (χ3v) is 7.11. The lowest BCUT2D eigenvalue weighted by atomic mass is 10.0. The van der Waals surface area contributed by atoms with E-state index in [2.05, 4.69) is 15.9 Å². The lowest BCUT2D eigenvalue weighted by Gasteiger charge is -2.22. The summed E-state index contributed by atoms with van der Waals surface area (Å²) in [5, 5.41) is 9.65. The monoisotopic (exact) mass is 551 g/mol. The number of aryl methyl sites for hydroxylation is 2. The number of carboxylic acid groups (broad SMARTS) is 1. The van der Waals surface area contributed by atoms with E-state index in [4.69, 9.17) is 16.3 Å². The van der Waals surface area contributed by atoms with Gasteiger partial charge in [-0.3, -0.25) is 14.5 Å². The Hall–Kier alpha value is -2.29. The maximum Gasteiger partial charge on any atom is 0.326 e. The van der Waals surface area contributed by atoms with Crippen LogP contribution in [-0.2, 0) is 9.59 Å². The van der Waals surface area contributed by atoms with Gasteiger partial charge < -0.3 is 9.84 Å². The molecule has 1 aliphatic heterocycles. The number of rotatable bonds is 7. The smallest absolute Gasteiger partial charge is 0.326 e. The van der Waals surface area contributed by atoms with Gasteiger partial charge in [-0.15, -0.1) is 0 Å². The number of halogens is 2. The number of hydrogen-bond acceptors (Lipinski definition) is 5. The molecule has 1 saturated heterocycles. The number of thioether (sulfide) groups is 1. The number of ether oxygens (including phenoxy) is 1. The second kappa shape index (κ2) is 10.3. The third kappa shape index (κ3) is 5.80. The molecule has 3 rings (SSSR count). The van der Waals surface area contributed by atoms with Crippen LogP contribution in [-0.4, -0.2) is 33.2 Å². The average molecular weight is 553 g/mol. The highest BCUT2D eigenvalue weighted by molar-refractivity contribution is 9.10. The number of benzene rings is 2. The number of amides is 2. The van der Waals surface area contributed by atoms with Crippen molar-refractivity contribution in [1.29, 1.82) is 0 Å². The Bertz CT molecular complexity index is 1140. The molecule has 1 atom stereocenters. The van der Waals surface area contributed by atoms with Crippen LogP contribution in [0, 0.1) is 19.8 Å². The van der Waals surface area contributed by atoms with Crippen molar-refractivity contribution >= 4 is 62.5 Å². The van der Waals surface area contributed by atoms with Gasteiger partial charge in [-0.1, -0.05) is 31.5 Å². The predicted octanol–water partition coefficient (Wildman–Crippen LogP) is 7.05. The van der Waals surface area contributed by atoms with Crippen LogP contribution in [0.4, 0.5) is 4.79 Å². The summed E-state index contributed by atoms with van der Waals surface area (Å²) in [4.78, 5) is 38.0. The lowest BCUT2D eigenvalue weighted by molar-refractivity contribution is -0.146. The van der Waals surface area contributed by atoms with Gasteiger partial charge in [-0.2, -0.15) is 0 Å². The van der Waals surface area contributed by atoms with Crippen LogP contribution in [0.15, 0.2) is 39.7 Å². The van der Waals surface area contributed by atoms with Crippen LogP contribution in [0.3, 0.4) is 0 Å². The molecule has 2 aromatic carbocycles. The Kier molecular flexibility index (Phi) is 7.92. The van der Waals surface area contributed by atoms with Crippen molar-refractivity contribution in [2.45, 2.75) is 40.2 Å². The molecular weight excluding hydrogens is 530 g/mol. The van der Waals surface area contributed by atoms with Crippen molar-refractivity contribution < 1.29 is 24.2 Å². The summed E-state index contributed by atoms with van der Waals surface area (Å²) in [6, 6.07) is 7.79. The number of carbonyl (C=O) groups is 3. The maximum absolute atomic E-state index is 12.8. The molecule has 174 valence electrons. The number of aliphatic carboxylic acids is 1. The molecule has 0 aliphatic carbocycles. The number of hydrogen-bond donors (Lipinski definition) is 1. The Morgan fingerprint density at radius 1 is 1.21 bits per heavy atom. The summed E-state index contributed by atoms with van der Waals surface area (Å²) in [6.07, 6.45) is 1.77. The van der Waals surface area contributed by atoms with Gasteiger partial charge in [0.25, 0.3) is 11.1 Å². The standard InChI is InChI=1S/C24H23BrClNO5S/c1-12(2)7-18(23(29)30)27-22(28)20(33-24(27)31)11-15-5-6-19(17(25)10-15)32-16-8-13(3)21(26)14(4)9-16/h5-6,8-12,18H,7H2,1-4H3,(H,29,30)/b20-11-/t18-/m0/s1. The summed E-state index contributed by atoms with van der Waals surface area (Å²) in [5.41, 5.74) is 2.48. The Morgan fingerprint density at radius 2 is 1.85 bits per heavy atom. The van der Waals surface area contributed by atoms with Crippen molar-refractivity contribution in [1.82, 2.24) is 4.90 Å². The molecule has 0 spiro atoms. The summed E-state index contributed by atoms with van der Waals surface area (Å²) in [7, 11) is 0. The highest BCUT2D eigenvalue weighted by Gasteiger charge is 2.43. The van der Waals surface area contributed by atoms with Gasteiger partial charge in [0.1, 0.15) is 17.5 Å². The van der Waals surface area contributed by atoms with E-state index in [0.717, 1.165) is 27.8 Å². The van der Waals surface area contributed by atoms with Gasteiger partial charge in [-0.05, 0) is 101 Å². The number of imide groups is 1. The minimum Gasteiger partial charge on any atom is -0.480 e. The fourth-order valence-electron chi connectivity index (χ4n) is 3.44. The van der Waals surface area contributed by atoms with E-state index in [1.165, 1.54) is 0 Å². The molecule has 1 N–H and O–H groups in total. The molecule has 0 bridgehead atoms. The van der Waals surface area contributed by atoms with Crippen molar-refractivity contribution in [2.75, 3.05) is 0 Å². The minimum absolute atomic E-state index is 0.0152. The summed E-state index contributed by atoms with van der Waals surface area (Å²) >= 11 is 10.4. The molecule has 9 heteroatoms. The lowest BCUT2D eigenvalue weighted by Crippen LogP contribution is -2.44. The van der Waals surface area contributed by atoms with Gasteiger partial charge in [0, 0.05) is 5.02 Å². The summed E-state index contributed by atoms with van der Waals surface area (Å²) < 4.78 is 6.63. The van der Waals surface area contributed by atoms with Gasteiger partial charge in [0.05, 0.1) is 9.38 Å². The molecule has 33 heavy (non-hydrogen) atoms. The molecule has 0 saturated carbocycles. The third-order valence-electron chi connectivity index (χ3n) is 5.01. The zero-order valence-electron chi connectivity index (χ0n) is 18.5. The van der Waals surface area contributed by atoms with Crippen molar-refractivity contribution in [3.8, 4) is 11.5 Å². The first kappa shape index (κ1) is 25.3. The highest BCUT2D eigenvalue weighted by atomic mass is 79.9. The number of carbonyl (C=O) groups excluding carboxylic acids is 2. The topological polar surface area (TPSA) is 83.9 Å². The predicted molar refractivity (Wildman–Crippen MR) is 134 cm³/mol. The maximum atomic E-state index is 12.8. The van der Waals surface area contributed by atoms with Crippen molar-refractivity contribution in [3.63, 3.8) is 0 Å². The first-order valence-electron chi connectivity index (χ1n) is 10.2. The van der Waals surface area contributed by atoms with E-state index in [0.29, 0.717) is 26.6 Å². The molecule has 1 heterocycles. The average Bonchev–Trinajstić information content (AvgIpc) is 2.99. The molecule has 2 amide bonds. The normalized spacial score (nSPS) is 16.1.